The monoisotopic (exact) mass is 372 g/mol. The van der Waals surface area contributed by atoms with Gasteiger partial charge in [-0.05, 0) is 51.4 Å². The molecule has 0 spiro atoms. The van der Waals surface area contributed by atoms with Gasteiger partial charge in [-0.2, -0.15) is 4.31 Å². The van der Waals surface area contributed by atoms with Gasteiger partial charge in [0.25, 0.3) is 0 Å². The minimum absolute atomic E-state index is 0.168. The summed E-state index contributed by atoms with van der Waals surface area (Å²) in [5, 5.41) is 0. The van der Waals surface area contributed by atoms with E-state index in [1.54, 1.807) is 4.31 Å². The van der Waals surface area contributed by atoms with E-state index in [2.05, 4.69) is 4.90 Å². The van der Waals surface area contributed by atoms with Crippen molar-refractivity contribution in [3.05, 3.63) is 0 Å². The van der Waals surface area contributed by atoms with Crippen molar-refractivity contribution in [1.29, 1.82) is 0 Å². The average molecular weight is 373 g/mol. The van der Waals surface area contributed by atoms with Crippen molar-refractivity contribution in [2.75, 3.05) is 32.6 Å². The Kier molecular flexibility index (Phi) is 5.40. The van der Waals surface area contributed by atoms with Crippen molar-refractivity contribution in [3.63, 3.8) is 0 Å². The van der Waals surface area contributed by atoms with Gasteiger partial charge in [0.05, 0.1) is 18.5 Å². The summed E-state index contributed by atoms with van der Waals surface area (Å²) >= 11 is 0. The second kappa shape index (κ2) is 7.43. The highest BCUT2D eigenvalue weighted by Gasteiger charge is 2.46. The van der Waals surface area contributed by atoms with E-state index in [4.69, 9.17) is 9.47 Å². The molecule has 7 heteroatoms. The number of piperidine rings is 2. The number of nitrogens with zero attached hydrogens (tertiary/aromatic N) is 2. The number of hydrogen-bond donors (Lipinski definition) is 0. The molecule has 4 aliphatic heterocycles. The summed E-state index contributed by atoms with van der Waals surface area (Å²) in [4.78, 5) is 2.62. The van der Waals surface area contributed by atoms with Crippen LogP contribution in [0.3, 0.4) is 0 Å². The summed E-state index contributed by atoms with van der Waals surface area (Å²) in [5.41, 5.74) is 0. The number of rotatable bonds is 4. The maximum atomic E-state index is 12.0. The average Bonchev–Trinajstić information content (AvgIpc) is 2.89. The molecule has 0 saturated carbocycles. The third kappa shape index (κ3) is 4.05. The summed E-state index contributed by atoms with van der Waals surface area (Å²) in [6.07, 6.45) is 10.3. The van der Waals surface area contributed by atoms with Crippen LogP contribution in [0, 0.1) is 0 Å². The van der Waals surface area contributed by atoms with Gasteiger partial charge in [-0.3, -0.25) is 0 Å². The van der Waals surface area contributed by atoms with Crippen molar-refractivity contribution in [1.82, 2.24) is 9.21 Å². The quantitative estimate of drug-likeness (QED) is 0.750. The second-order valence-electron chi connectivity index (χ2n) is 8.29. The van der Waals surface area contributed by atoms with Gasteiger partial charge in [0, 0.05) is 44.4 Å². The standard InChI is InChI=1S/C18H32N2O4S/c1-25(21,22)20-15-2-3-16(20)13-18(12-15)24-17-4-8-19(9-5-17)14-6-10-23-11-7-14/h14-18H,2-13H2,1H3/t15-,16+,18?. The molecular weight excluding hydrogens is 340 g/mol. The molecule has 0 N–H and O–H groups in total. The lowest BCUT2D eigenvalue weighted by Gasteiger charge is -2.42. The van der Waals surface area contributed by atoms with Crippen molar-refractivity contribution in [3.8, 4) is 0 Å². The summed E-state index contributed by atoms with van der Waals surface area (Å²) < 4.78 is 37.7. The molecule has 144 valence electrons. The lowest BCUT2D eigenvalue weighted by atomic mass is 9.99. The van der Waals surface area contributed by atoms with E-state index in [1.807, 2.05) is 0 Å². The predicted molar refractivity (Wildman–Crippen MR) is 96.0 cm³/mol. The Morgan fingerprint density at radius 3 is 2.00 bits per heavy atom. The highest BCUT2D eigenvalue weighted by Crippen LogP contribution is 2.39. The van der Waals surface area contributed by atoms with Crippen LogP contribution in [0.2, 0.25) is 0 Å². The molecule has 0 aromatic rings. The smallest absolute Gasteiger partial charge is 0.211 e. The largest absolute Gasteiger partial charge is 0.381 e. The molecule has 2 bridgehead atoms. The molecule has 1 unspecified atom stereocenters. The Morgan fingerprint density at radius 2 is 1.44 bits per heavy atom. The Bertz CT molecular complexity index is 541. The molecule has 3 atom stereocenters. The Morgan fingerprint density at radius 1 is 0.840 bits per heavy atom. The minimum atomic E-state index is -3.08. The van der Waals surface area contributed by atoms with E-state index < -0.39 is 10.0 Å². The molecule has 6 nitrogen and oxygen atoms in total. The molecule has 4 saturated heterocycles. The van der Waals surface area contributed by atoms with E-state index in [-0.39, 0.29) is 18.2 Å². The molecule has 0 aromatic heterocycles. The summed E-state index contributed by atoms with van der Waals surface area (Å²) in [6, 6.07) is 1.03. The van der Waals surface area contributed by atoms with E-state index in [9.17, 15) is 8.42 Å². The summed E-state index contributed by atoms with van der Waals surface area (Å²) in [5.74, 6) is 0. The second-order valence-corrected chi connectivity index (χ2v) is 10.2. The first kappa shape index (κ1) is 18.2. The zero-order chi connectivity index (χ0) is 17.4. The number of likely N-dealkylation sites (tertiary alicyclic amines) is 1. The van der Waals surface area contributed by atoms with E-state index in [0.717, 1.165) is 64.8 Å². The highest BCUT2D eigenvalue weighted by atomic mass is 32.2. The first-order valence-electron chi connectivity index (χ1n) is 9.96. The topological polar surface area (TPSA) is 59.1 Å². The van der Waals surface area contributed by atoms with Crippen molar-refractivity contribution < 1.29 is 17.9 Å². The van der Waals surface area contributed by atoms with Gasteiger partial charge in [-0.1, -0.05) is 0 Å². The van der Waals surface area contributed by atoms with Crippen molar-refractivity contribution in [2.24, 2.45) is 0 Å². The molecule has 4 aliphatic rings. The highest BCUT2D eigenvalue weighted by molar-refractivity contribution is 7.88. The first-order valence-corrected chi connectivity index (χ1v) is 11.8. The van der Waals surface area contributed by atoms with Crippen LogP contribution in [0.1, 0.15) is 51.4 Å². The van der Waals surface area contributed by atoms with E-state index in [0.29, 0.717) is 12.1 Å². The van der Waals surface area contributed by atoms with E-state index >= 15 is 0 Å². The molecule has 0 radical (unpaired) electrons. The minimum Gasteiger partial charge on any atom is -0.381 e. The van der Waals surface area contributed by atoms with Crippen molar-refractivity contribution >= 4 is 10.0 Å². The van der Waals surface area contributed by atoms with Gasteiger partial charge in [0.2, 0.25) is 10.0 Å². The van der Waals surface area contributed by atoms with Crippen LogP contribution in [-0.2, 0) is 19.5 Å². The zero-order valence-corrected chi connectivity index (χ0v) is 16.1. The lowest BCUT2D eigenvalue weighted by Crippen LogP contribution is -2.50. The molecule has 4 rings (SSSR count). The summed E-state index contributed by atoms with van der Waals surface area (Å²) in [6.45, 7) is 4.07. The van der Waals surface area contributed by atoms with Crippen LogP contribution < -0.4 is 0 Å². The van der Waals surface area contributed by atoms with Gasteiger partial charge in [-0.25, -0.2) is 8.42 Å². The van der Waals surface area contributed by atoms with E-state index in [1.165, 1.54) is 19.1 Å². The van der Waals surface area contributed by atoms with Crippen LogP contribution in [-0.4, -0.2) is 80.5 Å². The third-order valence-corrected chi connectivity index (χ3v) is 7.94. The van der Waals surface area contributed by atoms with Crippen molar-refractivity contribution in [2.45, 2.75) is 81.7 Å². The van der Waals surface area contributed by atoms with Gasteiger partial charge in [0.15, 0.2) is 0 Å². The summed E-state index contributed by atoms with van der Waals surface area (Å²) in [7, 11) is -3.08. The van der Waals surface area contributed by atoms with Crippen LogP contribution >= 0.6 is 0 Å². The SMILES string of the molecule is CS(=O)(=O)N1[C@@H]2CC[C@H]1CC(OC1CCN(C3CCOCC3)CC1)C2. The fourth-order valence-corrected chi connectivity index (χ4v) is 6.90. The molecule has 25 heavy (non-hydrogen) atoms. The zero-order valence-electron chi connectivity index (χ0n) is 15.3. The van der Waals surface area contributed by atoms with Crippen LogP contribution in [0.25, 0.3) is 0 Å². The first-order chi connectivity index (χ1) is 12.0. The fourth-order valence-electron chi connectivity index (χ4n) is 5.44. The lowest BCUT2D eigenvalue weighted by molar-refractivity contribution is -0.0771. The van der Waals surface area contributed by atoms with Crippen LogP contribution in [0.4, 0.5) is 0 Å². The number of hydrogen-bond acceptors (Lipinski definition) is 5. The normalized spacial score (nSPS) is 36.8. The number of sulfonamides is 1. The Labute approximate surface area is 151 Å². The molecular formula is C18H32N2O4S. The van der Waals surface area contributed by atoms with Gasteiger partial charge >= 0.3 is 0 Å². The maximum Gasteiger partial charge on any atom is 0.211 e. The molecule has 4 heterocycles. The van der Waals surface area contributed by atoms with Crippen LogP contribution in [0.5, 0.6) is 0 Å². The van der Waals surface area contributed by atoms with Gasteiger partial charge in [-0.15, -0.1) is 0 Å². The Balaban J connectivity index is 1.26. The van der Waals surface area contributed by atoms with Crippen LogP contribution in [0.15, 0.2) is 0 Å². The van der Waals surface area contributed by atoms with Gasteiger partial charge in [0.1, 0.15) is 0 Å². The number of fused-ring (bicyclic) bond motifs is 2. The molecule has 0 aromatic carbocycles. The third-order valence-electron chi connectivity index (χ3n) is 6.57. The molecule has 4 fully saturated rings. The molecule has 0 aliphatic carbocycles. The Hall–Kier alpha value is -0.210. The number of ether oxygens (including phenoxy) is 2. The fraction of sp³-hybridized carbons (Fsp3) is 1.00. The van der Waals surface area contributed by atoms with Gasteiger partial charge < -0.3 is 14.4 Å². The predicted octanol–water partition coefficient (Wildman–Crippen LogP) is 1.60. The maximum absolute atomic E-state index is 12.0. The molecule has 0 amide bonds.